The Morgan fingerprint density at radius 2 is 1.56 bits per heavy atom. The largest absolute Gasteiger partial charge is 0.484 e. The van der Waals surface area contributed by atoms with Crippen LogP contribution in [-0.4, -0.2) is 78.9 Å². The zero-order chi connectivity index (χ0) is 19.1. The van der Waals surface area contributed by atoms with Gasteiger partial charge in [-0.1, -0.05) is 12.1 Å². The van der Waals surface area contributed by atoms with Crippen molar-refractivity contribution in [1.82, 2.24) is 14.7 Å². The summed E-state index contributed by atoms with van der Waals surface area (Å²) in [4.78, 5) is 30.4. The van der Waals surface area contributed by atoms with Crippen molar-refractivity contribution in [2.75, 3.05) is 52.4 Å². The van der Waals surface area contributed by atoms with Crippen molar-refractivity contribution in [1.29, 1.82) is 5.26 Å². The first-order valence-electron chi connectivity index (χ1n) is 9.52. The van der Waals surface area contributed by atoms with E-state index in [2.05, 4.69) is 11.0 Å². The van der Waals surface area contributed by atoms with Crippen molar-refractivity contribution < 1.29 is 14.3 Å². The van der Waals surface area contributed by atoms with Crippen LogP contribution in [0.1, 0.15) is 18.4 Å². The van der Waals surface area contributed by atoms with Crippen molar-refractivity contribution in [3.05, 3.63) is 29.8 Å². The normalized spacial score (nSPS) is 17.6. The maximum absolute atomic E-state index is 12.3. The van der Waals surface area contributed by atoms with Crippen LogP contribution in [0, 0.1) is 11.3 Å². The predicted molar refractivity (Wildman–Crippen MR) is 100 cm³/mol. The van der Waals surface area contributed by atoms with Crippen LogP contribution in [0.2, 0.25) is 0 Å². The number of rotatable bonds is 6. The number of benzene rings is 1. The van der Waals surface area contributed by atoms with Gasteiger partial charge in [0.1, 0.15) is 5.75 Å². The monoisotopic (exact) mass is 370 g/mol. The fourth-order valence-corrected chi connectivity index (χ4v) is 3.44. The van der Waals surface area contributed by atoms with Crippen molar-refractivity contribution >= 4 is 11.8 Å². The molecule has 0 atom stereocenters. The summed E-state index contributed by atoms with van der Waals surface area (Å²) in [7, 11) is 0. The smallest absolute Gasteiger partial charge is 0.260 e. The lowest BCUT2D eigenvalue weighted by Crippen LogP contribution is -2.52. The molecule has 0 radical (unpaired) electrons. The molecule has 7 nitrogen and oxygen atoms in total. The van der Waals surface area contributed by atoms with Gasteiger partial charge in [-0.2, -0.15) is 5.26 Å². The molecule has 144 valence electrons. The van der Waals surface area contributed by atoms with Crippen LogP contribution >= 0.6 is 0 Å². The fraction of sp³-hybridized carbons (Fsp3) is 0.550. The maximum atomic E-state index is 12.3. The molecule has 2 heterocycles. The zero-order valence-corrected chi connectivity index (χ0v) is 15.6. The number of hydrogen-bond donors (Lipinski definition) is 0. The molecule has 1 aromatic rings. The summed E-state index contributed by atoms with van der Waals surface area (Å²) in [5.41, 5.74) is 0.927. The van der Waals surface area contributed by atoms with Crippen molar-refractivity contribution in [2.24, 2.45) is 0 Å². The topological polar surface area (TPSA) is 76.9 Å². The summed E-state index contributed by atoms with van der Waals surface area (Å²) in [6.45, 7) is 4.89. The van der Waals surface area contributed by atoms with Gasteiger partial charge in [0.2, 0.25) is 5.91 Å². The molecule has 0 saturated carbocycles. The number of nitrogens with zero attached hydrogens (tertiary/aromatic N) is 4. The van der Waals surface area contributed by atoms with Crippen LogP contribution < -0.4 is 4.74 Å². The lowest BCUT2D eigenvalue weighted by Gasteiger charge is -2.35. The zero-order valence-electron chi connectivity index (χ0n) is 15.6. The highest BCUT2D eigenvalue weighted by Crippen LogP contribution is 2.13. The van der Waals surface area contributed by atoms with E-state index >= 15 is 0 Å². The molecule has 0 spiro atoms. The van der Waals surface area contributed by atoms with Gasteiger partial charge in [-0.3, -0.25) is 14.5 Å². The van der Waals surface area contributed by atoms with Crippen LogP contribution in [-0.2, 0) is 16.0 Å². The van der Waals surface area contributed by atoms with Crippen LogP contribution in [0.25, 0.3) is 0 Å². The van der Waals surface area contributed by atoms with Crippen LogP contribution in [0.3, 0.4) is 0 Å². The Kier molecular flexibility index (Phi) is 6.66. The fourth-order valence-electron chi connectivity index (χ4n) is 3.44. The first-order valence-corrected chi connectivity index (χ1v) is 9.52. The second kappa shape index (κ2) is 9.38. The van der Waals surface area contributed by atoms with E-state index in [-0.39, 0.29) is 18.4 Å². The lowest BCUT2D eigenvalue weighted by molar-refractivity contribution is -0.136. The number of amides is 2. The third-order valence-corrected chi connectivity index (χ3v) is 5.11. The van der Waals surface area contributed by atoms with Crippen LogP contribution in [0.4, 0.5) is 0 Å². The SMILES string of the molecule is N#CCc1ccc(OCC(=O)N2CCN(CC(=O)N3CCCC3)CC2)cc1. The Labute approximate surface area is 160 Å². The molecule has 2 fully saturated rings. The summed E-state index contributed by atoms with van der Waals surface area (Å²) in [6, 6.07) is 9.32. The molecule has 3 rings (SSSR count). The van der Waals surface area contributed by atoms with E-state index in [0.717, 1.165) is 31.5 Å². The Morgan fingerprint density at radius 1 is 0.926 bits per heavy atom. The summed E-state index contributed by atoms with van der Waals surface area (Å²) < 4.78 is 5.56. The molecule has 0 N–H and O–H groups in total. The van der Waals surface area contributed by atoms with Gasteiger partial charge in [0.25, 0.3) is 5.91 Å². The number of carbonyl (C=O) groups is 2. The van der Waals surface area contributed by atoms with Gasteiger partial charge in [0.15, 0.2) is 6.61 Å². The predicted octanol–water partition coefficient (Wildman–Crippen LogP) is 0.898. The first-order chi connectivity index (χ1) is 13.2. The highest BCUT2D eigenvalue weighted by atomic mass is 16.5. The summed E-state index contributed by atoms with van der Waals surface area (Å²) in [5, 5.41) is 8.68. The third kappa shape index (κ3) is 5.44. The van der Waals surface area contributed by atoms with E-state index in [0.29, 0.717) is 44.9 Å². The average molecular weight is 370 g/mol. The standard InChI is InChI=1S/C20H26N4O3/c21-8-7-17-3-5-18(6-4-17)27-16-20(26)24-13-11-22(12-14-24)15-19(25)23-9-1-2-10-23/h3-6H,1-2,7,9-16H2. The summed E-state index contributed by atoms with van der Waals surface area (Å²) >= 11 is 0. The van der Waals surface area contributed by atoms with E-state index in [1.54, 1.807) is 17.0 Å². The van der Waals surface area contributed by atoms with Crippen molar-refractivity contribution in [2.45, 2.75) is 19.3 Å². The number of piperazine rings is 1. The second-order valence-corrected chi connectivity index (χ2v) is 7.01. The minimum Gasteiger partial charge on any atom is -0.484 e. The summed E-state index contributed by atoms with van der Waals surface area (Å²) in [5.74, 6) is 0.789. The average Bonchev–Trinajstić information content (AvgIpc) is 3.23. The molecule has 0 unspecified atom stereocenters. The highest BCUT2D eigenvalue weighted by molar-refractivity contribution is 5.79. The number of nitriles is 1. The Morgan fingerprint density at radius 3 is 2.19 bits per heavy atom. The molecule has 7 heteroatoms. The number of carbonyl (C=O) groups excluding carboxylic acids is 2. The van der Waals surface area contributed by atoms with Gasteiger partial charge < -0.3 is 14.5 Å². The molecular weight excluding hydrogens is 344 g/mol. The molecule has 0 bridgehead atoms. The highest BCUT2D eigenvalue weighted by Gasteiger charge is 2.25. The van der Waals surface area contributed by atoms with Gasteiger partial charge in [0.05, 0.1) is 19.0 Å². The van der Waals surface area contributed by atoms with E-state index in [1.807, 2.05) is 17.0 Å². The molecule has 2 aliphatic heterocycles. The van der Waals surface area contributed by atoms with E-state index in [1.165, 1.54) is 0 Å². The van der Waals surface area contributed by atoms with Gasteiger partial charge in [-0.25, -0.2) is 0 Å². The van der Waals surface area contributed by atoms with E-state index in [9.17, 15) is 9.59 Å². The minimum atomic E-state index is -0.0402. The lowest BCUT2D eigenvalue weighted by atomic mass is 10.2. The molecule has 27 heavy (non-hydrogen) atoms. The van der Waals surface area contributed by atoms with E-state index in [4.69, 9.17) is 10.00 Å². The van der Waals surface area contributed by atoms with Gasteiger partial charge in [0, 0.05) is 39.3 Å². The quantitative estimate of drug-likeness (QED) is 0.744. The Balaban J connectivity index is 1.38. The van der Waals surface area contributed by atoms with E-state index < -0.39 is 0 Å². The Hall–Kier alpha value is -2.59. The number of likely N-dealkylation sites (tertiary alicyclic amines) is 1. The third-order valence-electron chi connectivity index (χ3n) is 5.11. The Bertz CT molecular complexity index is 684. The second-order valence-electron chi connectivity index (χ2n) is 7.01. The van der Waals surface area contributed by atoms with Gasteiger partial charge in [-0.05, 0) is 30.5 Å². The van der Waals surface area contributed by atoms with Crippen molar-refractivity contribution in [3.8, 4) is 11.8 Å². The molecule has 1 aromatic carbocycles. The molecule has 0 aliphatic carbocycles. The van der Waals surface area contributed by atoms with Crippen LogP contribution in [0.5, 0.6) is 5.75 Å². The number of hydrogen-bond acceptors (Lipinski definition) is 5. The number of ether oxygens (including phenoxy) is 1. The summed E-state index contributed by atoms with van der Waals surface area (Å²) in [6.07, 6.45) is 2.58. The molecule has 0 aromatic heterocycles. The van der Waals surface area contributed by atoms with Crippen molar-refractivity contribution in [3.63, 3.8) is 0 Å². The minimum absolute atomic E-state index is 0.00427. The molecule has 2 saturated heterocycles. The first kappa shape index (κ1) is 19.2. The van der Waals surface area contributed by atoms with Gasteiger partial charge in [-0.15, -0.1) is 0 Å². The maximum Gasteiger partial charge on any atom is 0.260 e. The molecule has 2 aliphatic rings. The molecule has 2 amide bonds. The van der Waals surface area contributed by atoms with Crippen LogP contribution in [0.15, 0.2) is 24.3 Å². The van der Waals surface area contributed by atoms with Gasteiger partial charge >= 0.3 is 0 Å². The molecular formula is C20H26N4O3.